The molecule has 6 heteroatoms. The summed E-state index contributed by atoms with van der Waals surface area (Å²) in [6.07, 6.45) is 0.822. The summed E-state index contributed by atoms with van der Waals surface area (Å²) in [5, 5.41) is 12.0. The monoisotopic (exact) mass is 271 g/mol. The van der Waals surface area contributed by atoms with Crippen LogP contribution in [0.15, 0.2) is 30.4 Å². The van der Waals surface area contributed by atoms with Gasteiger partial charge in [0.05, 0.1) is 11.1 Å². The molecular formula is C13H12F3NO2. The molecule has 1 aromatic carbocycles. The molecule has 0 heterocycles. The number of carboxylic acids is 1. The van der Waals surface area contributed by atoms with Crippen molar-refractivity contribution in [3.05, 3.63) is 41.5 Å². The Labute approximate surface area is 107 Å². The van der Waals surface area contributed by atoms with Crippen LogP contribution < -0.4 is 5.32 Å². The minimum Gasteiger partial charge on any atom is -0.478 e. The highest BCUT2D eigenvalue weighted by molar-refractivity contribution is 5.94. The zero-order valence-corrected chi connectivity index (χ0v) is 9.87. The number of nitrogens with one attached hydrogen (secondary N) is 1. The van der Waals surface area contributed by atoms with Crippen molar-refractivity contribution in [1.29, 1.82) is 0 Å². The molecule has 0 amide bonds. The summed E-state index contributed by atoms with van der Waals surface area (Å²) >= 11 is 0. The van der Waals surface area contributed by atoms with E-state index in [0.717, 1.165) is 18.9 Å². The van der Waals surface area contributed by atoms with E-state index in [1.807, 2.05) is 12.2 Å². The van der Waals surface area contributed by atoms with Crippen LogP contribution in [-0.2, 0) is 6.18 Å². The van der Waals surface area contributed by atoms with Crippen LogP contribution in [0.4, 0.5) is 18.9 Å². The molecule has 0 atom stereocenters. The fraction of sp³-hybridized carbons (Fsp3) is 0.308. The molecule has 3 nitrogen and oxygen atoms in total. The Hall–Kier alpha value is -1.98. The highest BCUT2D eigenvalue weighted by Gasteiger charge is 2.32. The van der Waals surface area contributed by atoms with Crippen LogP contribution in [0, 0.1) is 0 Å². The van der Waals surface area contributed by atoms with Gasteiger partial charge < -0.3 is 10.4 Å². The fourth-order valence-corrected chi connectivity index (χ4v) is 1.98. The van der Waals surface area contributed by atoms with Crippen molar-refractivity contribution in [3.8, 4) is 0 Å². The molecule has 1 aliphatic rings. The Morgan fingerprint density at radius 2 is 1.89 bits per heavy atom. The van der Waals surface area contributed by atoms with Crippen molar-refractivity contribution < 1.29 is 23.1 Å². The average molecular weight is 271 g/mol. The first-order valence-corrected chi connectivity index (χ1v) is 5.74. The van der Waals surface area contributed by atoms with Gasteiger partial charge in [-0.2, -0.15) is 13.2 Å². The van der Waals surface area contributed by atoms with Crippen LogP contribution in [0.2, 0.25) is 0 Å². The van der Waals surface area contributed by atoms with Gasteiger partial charge in [-0.25, -0.2) is 4.79 Å². The van der Waals surface area contributed by atoms with E-state index in [9.17, 15) is 18.0 Å². The third-order valence-corrected chi connectivity index (χ3v) is 2.94. The first-order chi connectivity index (χ1) is 8.88. The summed E-state index contributed by atoms with van der Waals surface area (Å²) in [5.41, 5.74) is -1.10. The van der Waals surface area contributed by atoms with Gasteiger partial charge in [0.2, 0.25) is 0 Å². The first kappa shape index (κ1) is 13.5. The quantitative estimate of drug-likeness (QED) is 0.827. The van der Waals surface area contributed by atoms with E-state index in [4.69, 9.17) is 5.11 Å². The number of aromatic carboxylic acids is 1. The highest BCUT2D eigenvalue weighted by atomic mass is 19.4. The molecule has 0 saturated heterocycles. The maximum Gasteiger partial charge on any atom is 0.416 e. The molecule has 102 valence electrons. The summed E-state index contributed by atoms with van der Waals surface area (Å²) in [6.45, 7) is 0. The van der Waals surface area contributed by atoms with Gasteiger partial charge in [0.1, 0.15) is 0 Å². The van der Waals surface area contributed by atoms with E-state index < -0.39 is 17.7 Å². The average Bonchev–Trinajstić information content (AvgIpc) is 2.80. The lowest BCUT2D eigenvalue weighted by atomic mass is 10.1. The van der Waals surface area contributed by atoms with Crippen LogP contribution >= 0.6 is 0 Å². The maximum atomic E-state index is 12.5. The van der Waals surface area contributed by atoms with E-state index in [1.54, 1.807) is 0 Å². The third-order valence-electron chi connectivity index (χ3n) is 2.94. The largest absolute Gasteiger partial charge is 0.478 e. The van der Waals surface area contributed by atoms with Gasteiger partial charge in [0.15, 0.2) is 0 Å². The topological polar surface area (TPSA) is 49.3 Å². The van der Waals surface area contributed by atoms with Gasteiger partial charge in [-0.05, 0) is 31.0 Å². The lowest BCUT2D eigenvalue weighted by Crippen LogP contribution is -2.18. The van der Waals surface area contributed by atoms with Gasteiger partial charge in [0, 0.05) is 11.7 Å². The van der Waals surface area contributed by atoms with Crippen LogP contribution in [-0.4, -0.2) is 17.1 Å². The molecule has 2 rings (SSSR count). The summed E-state index contributed by atoms with van der Waals surface area (Å²) in [5.74, 6) is -1.38. The van der Waals surface area contributed by atoms with E-state index in [1.165, 1.54) is 6.07 Å². The number of halogens is 3. The molecular weight excluding hydrogens is 259 g/mol. The van der Waals surface area contributed by atoms with Crippen LogP contribution in [0.5, 0.6) is 0 Å². The van der Waals surface area contributed by atoms with Gasteiger partial charge in [0.25, 0.3) is 0 Å². The molecule has 19 heavy (non-hydrogen) atoms. The Morgan fingerprint density at radius 1 is 1.26 bits per heavy atom. The van der Waals surface area contributed by atoms with Crippen molar-refractivity contribution in [3.63, 3.8) is 0 Å². The number of hydrogen-bond acceptors (Lipinski definition) is 2. The van der Waals surface area contributed by atoms with Crippen LogP contribution in [0.25, 0.3) is 0 Å². The van der Waals surface area contributed by atoms with E-state index in [0.29, 0.717) is 6.07 Å². The van der Waals surface area contributed by atoms with Crippen LogP contribution in [0.3, 0.4) is 0 Å². The van der Waals surface area contributed by atoms with Gasteiger partial charge in [-0.15, -0.1) is 0 Å². The lowest BCUT2D eigenvalue weighted by molar-refractivity contribution is -0.137. The molecule has 0 bridgehead atoms. The molecule has 0 saturated carbocycles. The lowest BCUT2D eigenvalue weighted by Gasteiger charge is -2.17. The second kappa shape index (κ2) is 4.95. The molecule has 2 N–H and O–H groups in total. The molecule has 0 unspecified atom stereocenters. The van der Waals surface area contributed by atoms with Crippen molar-refractivity contribution in [1.82, 2.24) is 0 Å². The zero-order chi connectivity index (χ0) is 14.0. The number of anilines is 1. The van der Waals surface area contributed by atoms with Gasteiger partial charge in [-0.3, -0.25) is 0 Å². The summed E-state index contributed by atoms with van der Waals surface area (Å²) < 4.78 is 37.6. The number of rotatable bonds is 3. The third kappa shape index (κ3) is 3.07. The Kier molecular flexibility index (Phi) is 3.50. The standard InChI is InChI=1S/C13H12F3NO2/c14-13(15,16)8-5-6-11(10(7-8)12(18)19)17-9-3-1-2-4-9/h1-2,5-7,9,17H,3-4H2,(H,18,19). The SMILES string of the molecule is O=C(O)c1cc(C(F)(F)F)ccc1NC1CC=CC1. The number of alkyl halides is 3. The number of carbonyl (C=O) groups is 1. The van der Waals surface area contributed by atoms with E-state index >= 15 is 0 Å². The maximum absolute atomic E-state index is 12.5. The van der Waals surface area contributed by atoms with Crippen molar-refractivity contribution in [2.45, 2.75) is 25.1 Å². The minimum atomic E-state index is -4.54. The summed E-state index contributed by atoms with van der Waals surface area (Å²) in [4.78, 5) is 11.1. The van der Waals surface area contributed by atoms with E-state index in [2.05, 4.69) is 5.32 Å². The van der Waals surface area contributed by atoms with Crippen molar-refractivity contribution in [2.75, 3.05) is 5.32 Å². The highest BCUT2D eigenvalue weighted by Crippen LogP contribution is 2.32. The second-order valence-corrected chi connectivity index (χ2v) is 4.35. The Balaban J connectivity index is 2.30. The van der Waals surface area contributed by atoms with Crippen molar-refractivity contribution >= 4 is 11.7 Å². The Morgan fingerprint density at radius 3 is 2.42 bits per heavy atom. The molecule has 0 aliphatic heterocycles. The van der Waals surface area contributed by atoms with Gasteiger partial charge in [-0.1, -0.05) is 12.2 Å². The zero-order valence-electron chi connectivity index (χ0n) is 9.87. The Bertz CT molecular complexity index is 515. The summed E-state index contributed by atoms with van der Waals surface area (Å²) in [6, 6.07) is 2.75. The number of benzene rings is 1. The molecule has 1 aliphatic carbocycles. The van der Waals surface area contributed by atoms with Crippen LogP contribution in [0.1, 0.15) is 28.8 Å². The predicted octanol–water partition coefficient (Wildman–Crippen LogP) is 3.53. The molecule has 0 fully saturated rings. The fourth-order valence-electron chi connectivity index (χ4n) is 1.98. The summed E-state index contributed by atoms with van der Waals surface area (Å²) in [7, 11) is 0. The first-order valence-electron chi connectivity index (χ1n) is 5.74. The molecule has 1 aromatic rings. The smallest absolute Gasteiger partial charge is 0.416 e. The minimum absolute atomic E-state index is 0.0369. The molecule has 0 radical (unpaired) electrons. The second-order valence-electron chi connectivity index (χ2n) is 4.35. The van der Waals surface area contributed by atoms with Gasteiger partial charge >= 0.3 is 12.1 Å². The number of carboxylic acid groups (broad SMARTS) is 1. The van der Waals surface area contributed by atoms with E-state index in [-0.39, 0.29) is 17.3 Å². The molecule has 0 spiro atoms. The molecule has 0 aromatic heterocycles. The van der Waals surface area contributed by atoms with Crippen molar-refractivity contribution in [2.24, 2.45) is 0 Å². The normalized spacial score (nSPS) is 15.7. The number of hydrogen-bond donors (Lipinski definition) is 2. The predicted molar refractivity (Wildman–Crippen MR) is 64.2 cm³/mol.